The summed E-state index contributed by atoms with van der Waals surface area (Å²) in [6, 6.07) is 16.4. The van der Waals surface area contributed by atoms with E-state index in [2.05, 4.69) is 5.32 Å². The molecule has 0 unspecified atom stereocenters. The van der Waals surface area contributed by atoms with E-state index in [4.69, 9.17) is 27.9 Å². The third kappa shape index (κ3) is 6.23. The number of carbonyl (C=O) groups is 1. The zero-order valence-corrected chi connectivity index (χ0v) is 18.3. The molecule has 0 atom stereocenters. The highest BCUT2D eigenvalue weighted by Gasteiger charge is 2.14. The zero-order valence-electron chi connectivity index (χ0n) is 16.8. The minimum Gasteiger partial charge on any atom is -0.508 e. The van der Waals surface area contributed by atoms with Crippen LogP contribution in [0.4, 0.5) is 11.4 Å². The molecule has 0 heterocycles. The predicted molar refractivity (Wildman–Crippen MR) is 124 cm³/mol. The molecular formula is C23H15Cl2N3O5. The van der Waals surface area contributed by atoms with Gasteiger partial charge in [0, 0.05) is 17.8 Å². The molecule has 0 spiro atoms. The summed E-state index contributed by atoms with van der Waals surface area (Å²) in [5.74, 6) is -0.404. The van der Waals surface area contributed by atoms with Crippen LogP contribution in [-0.2, 0) is 11.4 Å². The molecule has 33 heavy (non-hydrogen) atoms. The number of non-ortho nitro benzene ring substituents is 1. The summed E-state index contributed by atoms with van der Waals surface area (Å²) in [7, 11) is 0. The molecule has 0 bridgehead atoms. The van der Waals surface area contributed by atoms with Crippen LogP contribution in [0.2, 0.25) is 10.0 Å². The van der Waals surface area contributed by atoms with Crippen molar-refractivity contribution >= 4 is 46.6 Å². The first-order chi connectivity index (χ1) is 15.8. The molecule has 0 fully saturated rings. The lowest BCUT2D eigenvalue weighted by Gasteiger charge is -2.11. The summed E-state index contributed by atoms with van der Waals surface area (Å²) in [5, 5.41) is 32.3. The third-order valence-electron chi connectivity index (χ3n) is 4.35. The maximum absolute atomic E-state index is 12.4. The zero-order chi connectivity index (χ0) is 24.0. The number of nitrogens with one attached hydrogen (secondary N) is 1. The van der Waals surface area contributed by atoms with Crippen molar-refractivity contribution in [1.82, 2.24) is 0 Å². The highest BCUT2D eigenvalue weighted by Crippen LogP contribution is 2.35. The van der Waals surface area contributed by atoms with Crippen LogP contribution in [0, 0.1) is 21.4 Å². The summed E-state index contributed by atoms with van der Waals surface area (Å²) >= 11 is 12.6. The summed E-state index contributed by atoms with van der Waals surface area (Å²) < 4.78 is 5.66. The van der Waals surface area contributed by atoms with Crippen molar-refractivity contribution in [2.75, 3.05) is 5.32 Å². The van der Waals surface area contributed by atoms with Gasteiger partial charge in [-0.2, -0.15) is 5.26 Å². The topological polar surface area (TPSA) is 125 Å². The lowest BCUT2D eigenvalue weighted by molar-refractivity contribution is -0.384. The Bertz CT molecular complexity index is 1240. The van der Waals surface area contributed by atoms with Crippen molar-refractivity contribution in [1.29, 1.82) is 5.26 Å². The largest absolute Gasteiger partial charge is 0.508 e. The molecule has 0 aliphatic carbocycles. The molecule has 0 aliphatic heterocycles. The Kier molecular flexibility index (Phi) is 7.51. The second kappa shape index (κ2) is 10.5. The molecule has 3 aromatic rings. The number of carbonyl (C=O) groups excluding carboxylic acids is 1. The van der Waals surface area contributed by atoms with Gasteiger partial charge in [0.05, 0.1) is 15.0 Å². The molecule has 1 amide bonds. The van der Waals surface area contributed by atoms with Gasteiger partial charge in [-0.3, -0.25) is 14.9 Å². The summed E-state index contributed by atoms with van der Waals surface area (Å²) in [5.41, 5.74) is 1.27. The number of amides is 1. The average molecular weight is 484 g/mol. The normalized spacial score (nSPS) is 10.9. The first-order valence-electron chi connectivity index (χ1n) is 9.34. The SMILES string of the molecule is N#C/C(=C\c1cc(Cl)c(OCc2ccc([N+](=O)[O-])cc2)c(Cl)c1)C(=O)Nc1ccc(O)cc1. The van der Waals surface area contributed by atoms with Crippen LogP contribution < -0.4 is 10.1 Å². The quantitative estimate of drug-likeness (QED) is 0.145. The van der Waals surface area contributed by atoms with Gasteiger partial charge in [0.15, 0.2) is 5.75 Å². The maximum atomic E-state index is 12.4. The first kappa shape index (κ1) is 23.6. The van der Waals surface area contributed by atoms with Gasteiger partial charge in [-0.25, -0.2) is 0 Å². The van der Waals surface area contributed by atoms with Gasteiger partial charge >= 0.3 is 0 Å². The van der Waals surface area contributed by atoms with Crippen LogP contribution in [0.25, 0.3) is 6.08 Å². The van der Waals surface area contributed by atoms with Gasteiger partial charge in [-0.05, 0) is 65.7 Å². The molecule has 3 rings (SSSR count). The predicted octanol–water partition coefficient (Wildman–Crippen LogP) is 5.73. The number of aromatic hydroxyl groups is 1. The Balaban J connectivity index is 1.74. The fraction of sp³-hybridized carbons (Fsp3) is 0.0435. The Morgan fingerprint density at radius 1 is 1.12 bits per heavy atom. The number of hydrogen-bond donors (Lipinski definition) is 2. The number of ether oxygens (including phenoxy) is 1. The van der Waals surface area contributed by atoms with E-state index in [9.17, 15) is 25.3 Å². The van der Waals surface area contributed by atoms with Gasteiger partial charge in [-0.15, -0.1) is 0 Å². The lowest BCUT2D eigenvalue weighted by atomic mass is 10.1. The van der Waals surface area contributed by atoms with Crippen LogP contribution in [-0.4, -0.2) is 15.9 Å². The van der Waals surface area contributed by atoms with Gasteiger partial charge < -0.3 is 15.2 Å². The van der Waals surface area contributed by atoms with Gasteiger partial charge in [0.1, 0.15) is 24.0 Å². The standard InChI is InChI=1S/C23H15Cl2N3O5/c24-20-10-15(9-16(12-26)23(30)27-17-3-7-19(29)8-4-17)11-21(25)22(20)33-13-14-1-5-18(6-2-14)28(31)32/h1-11,29H,13H2,(H,27,30)/b16-9+. The Labute approximate surface area is 198 Å². The van der Waals surface area contributed by atoms with Crippen molar-refractivity contribution < 1.29 is 19.6 Å². The van der Waals surface area contributed by atoms with E-state index in [0.717, 1.165) is 0 Å². The molecule has 0 radical (unpaired) electrons. The van der Waals surface area contributed by atoms with E-state index < -0.39 is 10.8 Å². The minimum atomic E-state index is -0.645. The number of rotatable bonds is 7. The van der Waals surface area contributed by atoms with E-state index in [1.807, 2.05) is 6.07 Å². The fourth-order valence-corrected chi connectivity index (χ4v) is 3.34. The van der Waals surface area contributed by atoms with Crippen molar-refractivity contribution in [3.05, 3.63) is 97.5 Å². The Hall–Kier alpha value is -4.06. The average Bonchev–Trinajstić information content (AvgIpc) is 2.78. The van der Waals surface area contributed by atoms with Crippen LogP contribution in [0.5, 0.6) is 11.5 Å². The third-order valence-corrected chi connectivity index (χ3v) is 4.91. The van der Waals surface area contributed by atoms with Gasteiger partial charge in [-0.1, -0.05) is 23.2 Å². The molecule has 10 heteroatoms. The molecule has 0 aliphatic rings. The fourth-order valence-electron chi connectivity index (χ4n) is 2.73. The number of nitro groups is 1. The number of anilines is 1. The molecule has 166 valence electrons. The van der Waals surface area contributed by atoms with E-state index in [0.29, 0.717) is 16.8 Å². The van der Waals surface area contributed by atoms with Crippen molar-refractivity contribution in [3.63, 3.8) is 0 Å². The molecule has 3 aromatic carbocycles. The highest BCUT2D eigenvalue weighted by molar-refractivity contribution is 6.37. The van der Waals surface area contributed by atoms with Crippen LogP contribution in [0.15, 0.2) is 66.2 Å². The van der Waals surface area contributed by atoms with Gasteiger partial charge in [0.2, 0.25) is 0 Å². The molecule has 0 saturated heterocycles. The molecule has 0 saturated carbocycles. The number of phenolic OH excluding ortho intramolecular Hbond substituents is 1. The Morgan fingerprint density at radius 3 is 2.27 bits per heavy atom. The minimum absolute atomic E-state index is 0.0336. The van der Waals surface area contributed by atoms with E-state index in [1.54, 1.807) is 12.1 Å². The number of benzene rings is 3. The highest BCUT2D eigenvalue weighted by atomic mass is 35.5. The van der Waals surface area contributed by atoms with Crippen LogP contribution in [0.3, 0.4) is 0 Å². The lowest BCUT2D eigenvalue weighted by Crippen LogP contribution is -2.13. The summed E-state index contributed by atoms with van der Waals surface area (Å²) in [4.78, 5) is 22.6. The summed E-state index contributed by atoms with van der Waals surface area (Å²) in [6.07, 6.45) is 1.33. The van der Waals surface area contributed by atoms with Gasteiger partial charge in [0.25, 0.3) is 11.6 Å². The molecule has 8 nitrogen and oxygen atoms in total. The second-order valence-electron chi connectivity index (χ2n) is 6.70. The Morgan fingerprint density at radius 2 is 1.73 bits per heavy atom. The van der Waals surface area contributed by atoms with E-state index >= 15 is 0 Å². The number of hydrogen-bond acceptors (Lipinski definition) is 6. The van der Waals surface area contributed by atoms with E-state index in [-0.39, 0.29) is 39.4 Å². The van der Waals surface area contributed by atoms with Crippen LogP contribution in [0.1, 0.15) is 11.1 Å². The molecular weight excluding hydrogens is 469 g/mol. The number of nitriles is 1. The summed E-state index contributed by atoms with van der Waals surface area (Å²) in [6.45, 7) is 0.0745. The first-order valence-corrected chi connectivity index (χ1v) is 10.1. The van der Waals surface area contributed by atoms with Crippen molar-refractivity contribution in [2.45, 2.75) is 6.61 Å². The van der Waals surface area contributed by atoms with E-state index in [1.165, 1.54) is 54.6 Å². The monoisotopic (exact) mass is 483 g/mol. The maximum Gasteiger partial charge on any atom is 0.269 e. The van der Waals surface area contributed by atoms with Crippen molar-refractivity contribution in [2.24, 2.45) is 0 Å². The number of phenols is 1. The smallest absolute Gasteiger partial charge is 0.269 e. The van der Waals surface area contributed by atoms with Crippen LogP contribution >= 0.6 is 23.2 Å². The molecule has 0 aromatic heterocycles. The van der Waals surface area contributed by atoms with Crippen molar-refractivity contribution in [3.8, 4) is 17.6 Å². The number of nitro benzene ring substituents is 1. The number of nitrogens with zero attached hydrogens (tertiary/aromatic N) is 2. The number of halogens is 2. The second-order valence-corrected chi connectivity index (χ2v) is 7.51. The molecule has 2 N–H and O–H groups in total.